The maximum atomic E-state index is 9.14. The predicted molar refractivity (Wildman–Crippen MR) is 120 cm³/mol. The van der Waals surface area contributed by atoms with E-state index in [4.69, 9.17) is 9.84 Å². The second kappa shape index (κ2) is 9.53. The Morgan fingerprint density at radius 2 is 2.00 bits per heavy atom. The van der Waals surface area contributed by atoms with Gasteiger partial charge in [0.25, 0.3) is 0 Å². The Kier molecular flexibility index (Phi) is 6.37. The van der Waals surface area contributed by atoms with Crippen molar-refractivity contribution in [3.8, 4) is 17.0 Å². The number of anilines is 1. The van der Waals surface area contributed by atoms with Crippen molar-refractivity contribution in [2.45, 2.75) is 25.8 Å². The lowest BCUT2D eigenvalue weighted by Gasteiger charge is -2.16. The highest BCUT2D eigenvalue weighted by molar-refractivity contribution is 5.80. The van der Waals surface area contributed by atoms with Crippen LogP contribution in [0.1, 0.15) is 24.8 Å². The number of fused-ring (bicyclic) bond motifs is 1. The monoisotopic (exact) mass is 418 g/mol. The molecule has 0 fully saturated rings. The van der Waals surface area contributed by atoms with Crippen LogP contribution >= 0.6 is 0 Å². The van der Waals surface area contributed by atoms with Gasteiger partial charge in [0.15, 0.2) is 5.65 Å². The molecule has 1 aromatic carbocycles. The number of aliphatic hydroxyl groups is 1. The molecule has 0 aliphatic rings. The minimum atomic E-state index is 0.0246. The van der Waals surface area contributed by atoms with Crippen LogP contribution in [-0.4, -0.2) is 50.1 Å². The summed E-state index contributed by atoms with van der Waals surface area (Å²) in [6.07, 6.45) is 6.02. The molecule has 0 aliphatic carbocycles. The first-order valence-corrected chi connectivity index (χ1v) is 10.3. The number of rotatable bonds is 9. The number of nitrogens with one attached hydrogen (secondary N) is 1. The quantitative estimate of drug-likeness (QED) is 0.429. The van der Waals surface area contributed by atoms with Crippen LogP contribution in [0.2, 0.25) is 0 Å². The van der Waals surface area contributed by atoms with E-state index in [-0.39, 0.29) is 6.61 Å². The summed E-state index contributed by atoms with van der Waals surface area (Å²) in [5, 5.41) is 17.7. The Labute approximate surface area is 181 Å². The van der Waals surface area contributed by atoms with Crippen molar-refractivity contribution in [2.24, 2.45) is 0 Å². The zero-order valence-corrected chi connectivity index (χ0v) is 17.7. The number of ether oxygens (including phenoxy) is 1. The molecule has 160 valence electrons. The summed E-state index contributed by atoms with van der Waals surface area (Å²) in [6.45, 7) is 3.42. The van der Waals surface area contributed by atoms with Crippen LogP contribution in [0.4, 0.5) is 5.82 Å². The summed E-state index contributed by atoms with van der Waals surface area (Å²) in [5.74, 6) is 2.05. The van der Waals surface area contributed by atoms with Crippen LogP contribution in [0.3, 0.4) is 0 Å². The maximum Gasteiger partial charge on any atom is 0.157 e. The molecule has 0 amide bonds. The Balaban J connectivity index is 1.43. The van der Waals surface area contributed by atoms with Crippen molar-refractivity contribution < 1.29 is 9.84 Å². The normalized spacial score (nSPS) is 12.1. The number of aliphatic hydroxyl groups excluding tert-OH is 1. The van der Waals surface area contributed by atoms with Gasteiger partial charge in [-0.1, -0.05) is 25.1 Å². The Hall–Kier alpha value is -3.52. The van der Waals surface area contributed by atoms with Crippen molar-refractivity contribution in [3.63, 3.8) is 0 Å². The van der Waals surface area contributed by atoms with Crippen LogP contribution < -0.4 is 10.1 Å². The van der Waals surface area contributed by atoms with E-state index in [2.05, 4.69) is 38.4 Å². The van der Waals surface area contributed by atoms with Crippen molar-refractivity contribution >= 4 is 16.9 Å². The molecular formula is C23H26N6O2. The standard InChI is InChI=1S/C23H26N6O2/c1-16(19-5-3-4-6-21(19)31-2)7-8-24-22-12-20(26-15-27-22)17-11-18-14-28-29(9-10-30)23(18)25-13-17/h3-6,11-16,30H,7-10H2,1-2H3,(H,24,26,27). The first-order chi connectivity index (χ1) is 15.2. The van der Waals surface area contributed by atoms with Gasteiger partial charge in [-0.15, -0.1) is 0 Å². The van der Waals surface area contributed by atoms with Crippen molar-refractivity contribution in [1.82, 2.24) is 24.7 Å². The zero-order valence-electron chi connectivity index (χ0n) is 17.7. The molecule has 8 heteroatoms. The number of aromatic nitrogens is 5. The van der Waals surface area contributed by atoms with E-state index >= 15 is 0 Å². The number of nitrogens with zero attached hydrogens (tertiary/aromatic N) is 5. The fraction of sp³-hybridized carbons (Fsp3) is 0.304. The van der Waals surface area contributed by atoms with E-state index in [1.165, 1.54) is 5.56 Å². The summed E-state index contributed by atoms with van der Waals surface area (Å²) in [5.41, 5.74) is 3.63. The van der Waals surface area contributed by atoms with Gasteiger partial charge in [-0.2, -0.15) is 5.10 Å². The number of para-hydroxylation sites is 1. The average Bonchev–Trinajstić information content (AvgIpc) is 3.21. The Morgan fingerprint density at radius 3 is 2.84 bits per heavy atom. The molecule has 0 radical (unpaired) electrons. The van der Waals surface area contributed by atoms with Gasteiger partial charge >= 0.3 is 0 Å². The van der Waals surface area contributed by atoms with E-state index in [0.717, 1.165) is 46.8 Å². The van der Waals surface area contributed by atoms with Gasteiger partial charge in [0.05, 0.1) is 32.2 Å². The van der Waals surface area contributed by atoms with Crippen LogP contribution in [0.25, 0.3) is 22.3 Å². The van der Waals surface area contributed by atoms with E-state index in [9.17, 15) is 0 Å². The highest BCUT2D eigenvalue weighted by Gasteiger charge is 2.11. The van der Waals surface area contributed by atoms with Gasteiger partial charge in [0.2, 0.25) is 0 Å². The Morgan fingerprint density at radius 1 is 1.13 bits per heavy atom. The van der Waals surface area contributed by atoms with E-state index < -0.39 is 0 Å². The minimum absolute atomic E-state index is 0.0246. The SMILES string of the molecule is COc1ccccc1C(C)CCNc1cc(-c2cnc3c(cnn3CCO)c2)ncn1. The third kappa shape index (κ3) is 4.64. The zero-order chi connectivity index (χ0) is 21.6. The first kappa shape index (κ1) is 20.7. The van der Waals surface area contributed by atoms with Gasteiger partial charge in [-0.05, 0) is 30.0 Å². The number of hydrogen-bond donors (Lipinski definition) is 2. The second-order valence-corrected chi connectivity index (χ2v) is 7.38. The maximum absolute atomic E-state index is 9.14. The molecule has 1 atom stereocenters. The first-order valence-electron chi connectivity index (χ1n) is 10.3. The molecule has 1 unspecified atom stereocenters. The summed E-state index contributed by atoms with van der Waals surface area (Å²) < 4.78 is 7.17. The lowest BCUT2D eigenvalue weighted by atomic mass is 9.97. The van der Waals surface area contributed by atoms with E-state index in [0.29, 0.717) is 12.5 Å². The number of methoxy groups -OCH3 is 1. The van der Waals surface area contributed by atoms with E-state index in [1.807, 2.05) is 30.3 Å². The highest BCUT2D eigenvalue weighted by atomic mass is 16.5. The second-order valence-electron chi connectivity index (χ2n) is 7.38. The van der Waals surface area contributed by atoms with Gasteiger partial charge < -0.3 is 15.2 Å². The molecule has 2 N–H and O–H groups in total. The summed E-state index contributed by atoms with van der Waals surface area (Å²) >= 11 is 0. The predicted octanol–water partition coefficient (Wildman–Crippen LogP) is 3.49. The molecule has 0 spiro atoms. The lowest BCUT2D eigenvalue weighted by molar-refractivity contribution is 0.271. The summed E-state index contributed by atoms with van der Waals surface area (Å²) in [7, 11) is 1.70. The Bertz CT molecular complexity index is 1160. The smallest absolute Gasteiger partial charge is 0.157 e. The third-order valence-corrected chi connectivity index (χ3v) is 5.30. The molecular weight excluding hydrogens is 392 g/mol. The largest absolute Gasteiger partial charge is 0.496 e. The lowest BCUT2D eigenvalue weighted by Crippen LogP contribution is -2.08. The van der Waals surface area contributed by atoms with Crippen molar-refractivity contribution in [2.75, 3.05) is 25.6 Å². The van der Waals surface area contributed by atoms with Crippen molar-refractivity contribution in [1.29, 1.82) is 0 Å². The van der Waals surface area contributed by atoms with Crippen LogP contribution in [0, 0.1) is 0 Å². The minimum Gasteiger partial charge on any atom is -0.496 e. The molecule has 4 aromatic rings. The van der Waals surface area contributed by atoms with Crippen molar-refractivity contribution in [3.05, 3.63) is 60.7 Å². The fourth-order valence-corrected chi connectivity index (χ4v) is 3.63. The van der Waals surface area contributed by atoms with Crippen LogP contribution in [0.15, 0.2) is 55.1 Å². The van der Waals surface area contributed by atoms with Crippen LogP contribution in [-0.2, 0) is 6.54 Å². The molecule has 0 bridgehead atoms. The molecule has 0 saturated carbocycles. The number of hydrogen-bond acceptors (Lipinski definition) is 7. The molecule has 0 saturated heterocycles. The average molecular weight is 419 g/mol. The van der Waals surface area contributed by atoms with Gasteiger partial charge in [-0.3, -0.25) is 0 Å². The summed E-state index contributed by atoms with van der Waals surface area (Å²) in [6, 6.07) is 12.1. The fourth-order valence-electron chi connectivity index (χ4n) is 3.63. The van der Waals surface area contributed by atoms with E-state index in [1.54, 1.807) is 30.5 Å². The molecule has 4 rings (SSSR count). The van der Waals surface area contributed by atoms with Gasteiger partial charge in [-0.25, -0.2) is 19.6 Å². The topological polar surface area (TPSA) is 98.0 Å². The molecule has 8 nitrogen and oxygen atoms in total. The molecule has 3 heterocycles. The molecule has 3 aromatic heterocycles. The number of benzene rings is 1. The molecule has 0 aliphatic heterocycles. The molecule has 31 heavy (non-hydrogen) atoms. The van der Waals surface area contributed by atoms with Gasteiger partial charge in [0.1, 0.15) is 17.9 Å². The summed E-state index contributed by atoms with van der Waals surface area (Å²) in [4.78, 5) is 13.2. The highest BCUT2D eigenvalue weighted by Crippen LogP contribution is 2.28. The van der Waals surface area contributed by atoms with Gasteiger partial charge in [0, 0.05) is 29.8 Å². The third-order valence-electron chi connectivity index (χ3n) is 5.30. The number of pyridine rings is 1. The van der Waals surface area contributed by atoms with Crippen LogP contribution in [0.5, 0.6) is 5.75 Å².